The van der Waals surface area contributed by atoms with Crippen molar-refractivity contribution in [2.24, 2.45) is 7.05 Å². The molecule has 0 fully saturated rings. The number of rotatable bonds is 4. The molecule has 1 aromatic heterocycles. The van der Waals surface area contributed by atoms with E-state index in [-0.39, 0.29) is 5.56 Å². The van der Waals surface area contributed by atoms with Gasteiger partial charge in [-0.3, -0.25) is 4.68 Å². The molecule has 1 N–H and O–H groups in total. The number of aromatic carboxylic acids is 1. The van der Waals surface area contributed by atoms with Gasteiger partial charge in [-0.15, -0.1) is 11.8 Å². The summed E-state index contributed by atoms with van der Waals surface area (Å²) in [6.07, 6.45) is 1.40. The summed E-state index contributed by atoms with van der Waals surface area (Å²) in [6.45, 7) is 2.04. The van der Waals surface area contributed by atoms with Crippen LogP contribution in [0.3, 0.4) is 0 Å². The molecule has 2 aromatic rings. The van der Waals surface area contributed by atoms with Crippen LogP contribution < -0.4 is 0 Å². The zero-order valence-corrected chi connectivity index (χ0v) is 11.1. The molecule has 0 aliphatic carbocycles. The van der Waals surface area contributed by atoms with Crippen LogP contribution in [0.25, 0.3) is 0 Å². The van der Waals surface area contributed by atoms with E-state index in [0.29, 0.717) is 5.75 Å². The van der Waals surface area contributed by atoms with Gasteiger partial charge < -0.3 is 5.11 Å². The van der Waals surface area contributed by atoms with E-state index in [1.165, 1.54) is 11.8 Å². The first-order chi connectivity index (χ1) is 8.58. The number of carboxylic acid groups (broad SMARTS) is 1. The Morgan fingerprint density at radius 3 is 2.67 bits per heavy atom. The first-order valence-corrected chi connectivity index (χ1v) is 6.50. The van der Waals surface area contributed by atoms with Gasteiger partial charge in [0.15, 0.2) is 0 Å². The van der Waals surface area contributed by atoms with Crippen molar-refractivity contribution in [1.29, 1.82) is 0 Å². The van der Waals surface area contributed by atoms with E-state index in [2.05, 4.69) is 5.10 Å². The molecule has 0 saturated carbocycles. The number of carbonyl (C=O) groups is 1. The van der Waals surface area contributed by atoms with E-state index >= 15 is 0 Å². The Bertz CT molecular complexity index is 561. The smallest absolute Gasteiger partial charge is 0.339 e. The maximum absolute atomic E-state index is 11.0. The third-order valence-electron chi connectivity index (χ3n) is 2.69. The molecule has 0 aliphatic heterocycles. The molecular formula is C13H14N2O2S. The van der Waals surface area contributed by atoms with Crippen LogP contribution in [0.5, 0.6) is 0 Å². The van der Waals surface area contributed by atoms with Crippen molar-refractivity contribution in [2.45, 2.75) is 17.6 Å². The quantitative estimate of drug-likeness (QED) is 0.861. The maximum Gasteiger partial charge on any atom is 0.339 e. The highest BCUT2D eigenvalue weighted by molar-refractivity contribution is 7.98. The molecule has 0 amide bonds. The van der Waals surface area contributed by atoms with Crippen LogP contribution in [0.2, 0.25) is 0 Å². The van der Waals surface area contributed by atoms with E-state index in [0.717, 1.165) is 10.6 Å². The van der Waals surface area contributed by atoms with Gasteiger partial charge in [0.2, 0.25) is 0 Å². The third-order valence-corrected chi connectivity index (χ3v) is 3.71. The SMILES string of the molecule is Cc1ccc(SCc2c(C(=O)O)cnn2C)cc1. The molecule has 1 heterocycles. The Kier molecular flexibility index (Phi) is 3.72. The number of hydrogen-bond acceptors (Lipinski definition) is 3. The van der Waals surface area contributed by atoms with E-state index in [4.69, 9.17) is 5.11 Å². The number of benzene rings is 1. The van der Waals surface area contributed by atoms with Crippen LogP contribution in [0.4, 0.5) is 0 Å². The van der Waals surface area contributed by atoms with Gasteiger partial charge in [0.1, 0.15) is 5.56 Å². The highest BCUT2D eigenvalue weighted by Crippen LogP contribution is 2.24. The largest absolute Gasteiger partial charge is 0.478 e. The van der Waals surface area contributed by atoms with Crippen LogP contribution in [-0.2, 0) is 12.8 Å². The second-order valence-electron chi connectivity index (χ2n) is 4.04. The number of nitrogens with zero attached hydrogens (tertiary/aromatic N) is 2. The minimum absolute atomic E-state index is 0.275. The summed E-state index contributed by atoms with van der Waals surface area (Å²) in [6, 6.07) is 8.17. The van der Waals surface area contributed by atoms with Crippen molar-refractivity contribution >= 4 is 17.7 Å². The molecule has 0 radical (unpaired) electrons. The van der Waals surface area contributed by atoms with Gasteiger partial charge in [-0.05, 0) is 19.1 Å². The lowest BCUT2D eigenvalue weighted by molar-refractivity contribution is 0.0696. The van der Waals surface area contributed by atoms with Crippen LogP contribution in [-0.4, -0.2) is 20.9 Å². The van der Waals surface area contributed by atoms with E-state index < -0.39 is 5.97 Å². The molecule has 0 atom stereocenters. The van der Waals surface area contributed by atoms with Gasteiger partial charge in [-0.25, -0.2) is 4.79 Å². The first kappa shape index (κ1) is 12.7. The molecule has 1 aromatic carbocycles. The normalized spacial score (nSPS) is 10.6. The van der Waals surface area contributed by atoms with Crippen molar-refractivity contribution in [1.82, 2.24) is 9.78 Å². The van der Waals surface area contributed by atoms with Crippen LogP contribution in [0, 0.1) is 6.92 Å². The lowest BCUT2D eigenvalue weighted by atomic mass is 10.2. The van der Waals surface area contributed by atoms with Crippen molar-refractivity contribution in [3.63, 3.8) is 0 Å². The number of aromatic nitrogens is 2. The Balaban J connectivity index is 2.12. The van der Waals surface area contributed by atoms with Gasteiger partial charge in [0.25, 0.3) is 0 Å². The topological polar surface area (TPSA) is 55.1 Å². The average Bonchev–Trinajstić information content (AvgIpc) is 2.70. The summed E-state index contributed by atoms with van der Waals surface area (Å²) in [5.41, 5.74) is 2.22. The molecule has 5 heteroatoms. The maximum atomic E-state index is 11.0. The fraction of sp³-hybridized carbons (Fsp3) is 0.231. The van der Waals surface area contributed by atoms with E-state index in [1.54, 1.807) is 23.5 Å². The standard InChI is InChI=1S/C13H14N2O2S/c1-9-3-5-10(6-4-9)18-8-12-11(13(16)17)7-14-15(12)2/h3-7H,8H2,1-2H3,(H,16,17). The van der Waals surface area contributed by atoms with Crippen molar-refractivity contribution in [3.05, 3.63) is 47.3 Å². The number of hydrogen-bond donors (Lipinski definition) is 1. The molecule has 94 valence electrons. The fourth-order valence-corrected chi connectivity index (χ4v) is 2.57. The van der Waals surface area contributed by atoms with Crippen LogP contribution >= 0.6 is 11.8 Å². The predicted molar refractivity (Wildman–Crippen MR) is 70.9 cm³/mol. The zero-order chi connectivity index (χ0) is 13.1. The van der Waals surface area contributed by atoms with Gasteiger partial charge in [0, 0.05) is 17.7 Å². The van der Waals surface area contributed by atoms with Crippen molar-refractivity contribution < 1.29 is 9.90 Å². The second kappa shape index (κ2) is 5.27. The third kappa shape index (κ3) is 2.73. The first-order valence-electron chi connectivity index (χ1n) is 5.51. The average molecular weight is 262 g/mol. The molecule has 4 nitrogen and oxygen atoms in total. The second-order valence-corrected chi connectivity index (χ2v) is 5.08. The molecule has 0 aliphatic rings. The summed E-state index contributed by atoms with van der Waals surface area (Å²) < 4.78 is 1.62. The Morgan fingerprint density at radius 2 is 2.06 bits per heavy atom. The minimum Gasteiger partial charge on any atom is -0.478 e. The summed E-state index contributed by atoms with van der Waals surface area (Å²) in [4.78, 5) is 12.2. The molecule has 18 heavy (non-hydrogen) atoms. The number of carboxylic acids is 1. The lowest BCUT2D eigenvalue weighted by Gasteiger charge is -2.04. The summed E-state index contributed by atoms with van der Waals surface area (Å²) in [7, 11) is 1.76. The number of aryl methyl sites for hydroxylation is 2. The molecular weight excluding hydrogens is 248 g/mol. The Labute approximate surface area is 110 Å². The van der Waals surface area contributed by atoms with Gasteiger partial charge in [0.05, 0.1) is 11.9 Å². The van der Waals surface area contributed by atoms with Crippen molar-refractivity contribution in [3.8, 4) is 0 Å². The summed E-state index contributed by atoms with van der Waals surface area (Å²) >= 11 is 1.61. The highest BCUT2D eigenvalue weighted by atomic mass is 32.2. The zero-order valence-electron chi connectivity index (χ0n) is 10.3. The fourth-order valence-electron chi connectivity index (χ4n) is 1.60. The van der Waals surface area contributed by atoms with E-state index in [9.17, 15) is 4.79 Å². The van der Waals surface area contributed by atoms with Crippen molar-refractivity contribution in [2.75, 3.05) is 0 Å². The van der Waals surface area contributed by atoms with Crippen LogP contribution in [0.15, 0.2) is 35.4 Å². The lowest BCUT2D eigenvalue weighted by Crippen LogP contribution is -2.03. The summed E-state index contributed by atoms with van der Waals surface area (Å²) in [5, 5.41) is 13.0. The van der Waals surface area contributed by atoms with E-state index in [1.807, 2.05) is 31.2 Å². The molecule has 0 saturated heterocycles. The highest BCUT2D eigenvalue weighted by Gasteiger charge is 2.14. The molecule has 2 rings (SSSR count). The monoisotopic (exact) mass is 262 g/mol. The minimum atomic E-state index is -0.928. The van der Waals surface area contributed by atoms with Crippen LogP contribution in [0.1, 0.15) is 21.6 Å². The predicted octanol–water partition coefficient (Wildman–Crippen LogP) is 2.72. The molecule has 0 unspecified atom stereocenters. The number of thioether (sulfide) groups is 1. The Morgan fingerprint density at radius 1 is 1.39 bits per heavy atom. The summed E-state index contributed by atoms with van der Waals surface area (Å²) in [5.74, 6) is -0.330. The van der Waals surface area contributed by atoms with Gasteiger partial charge in [-0.1, -0.05) is 17.7 Å². The molecule has 0 bridgehead atoms. The van der Waals surface area contributed by atoms with Gasteiger partial charge >= 0.3 is 5.97 Å². The Hall–Kier alpha value is -1.75. The molecule has 0 spiro atoms. The van der Waals surface area contributed by atoms with Gasteiger partial charge in [-0.2, -0.15) is 5.10 Å².